The molecule has 0 radical (unpaired) electrons. The molecule has 0 amide bonds. The molecule has 5 heteroatoms. The first-order chi connectivity index (χ1) is 8.60. The molecule has 2 rings (SSSR count). The molecule has 0 aromatic heterocycles. The van der Waals surface area contributed by atoms with Crippen molar-refractivity contribution in [1.29, 1.82) is 0 Å². The molecule has 94 valence electrons. The fraction of sp³-hybridized carbons (Fsp3) is 0.0769. The zero-order chi connectivity index (χ0) is 13.1. The van der Waals surface area contributed by atoms with Crippen LogP contribution in [0.5, 0.6) is 17.2 Å². The van der Waals surface area contributed by atoms with E-state index in [2.05, 4.69) is 0 Å². The van der Waals surface area contributed by atoms with Gasteiger partial charge in [-0.1, -0.05) is 23.2 Å². The summed E-state index contributed by atoms with van der Waals surface area (Å²) in [5.41, 5.74) is 6.19. The van der Waals surface area contributed by atoms with Crippen molar-refractivity contribution in [2.75, 3.05) is 12.8 Å². The summed E-state index contributed by atoms with van der Waals surface area (Å²) in [4.78, 5) is 0. The number of rotatable bonds is 3. The van der Waals surface area contributed by atoms with Crippen LogP contribution in [-0.2, 0) is 0 Å². The molecule has 0 fully saturated rings. The quantitative estimate of drug-likeness (QED) is 0.851. The second-order valence-electron chi connectivity index (χ2n) is 3.59. The molecule has 2 aromatic rings. The monoisotopic (exact) mass is 283 g/mol. The highest BCUT2D eigenvalue weighted by Gasteiger charge is 2.09. The van der Waals surface area contributed by atoms with Crippen LogP contribution in [0.4, 0.5) is 5.69 Å². The molecular weight excluding hydrogens is 273 g/mol. The van der Waals surface area contributed by atoms with Gasteiger partial charge in [-0.2, -0.15) is 0 Å². The summed E-state index contributed by atoms with van der Waals surface area (Å²) in [5, 5.41) is 1.01. The van der Waals surface area contributed by atoms with Crippen molar-refractivity contribution in [3.05, 3.63) is 46.4 Å². The summed E-state index contributed by atoms with van der Waals surface area (Å²) >= 11 is 11.9. The first-order valence-electron chi connectivity index (χ1n) is 5.16. The summed E-state index contributed by atoms with van der Waals surface area (Å²) in [6.07, 6.45) is 0. The molecule has 0 saturated carbocycles. The molecule has 3 nitrogen and oxygen atoms in total. The molecule has 0 aliphatic carbocycles. The Morgan fingerprint density at radius 1 is 0.944 bits per heavy atom. The molecule has 0 saturated heterocycles. The molecule has 0 spiro atoms. The predicted octanol–water partition coefficient (Wildman–Crippen LogP) is 4.38. The van der Waals surface area contributed by atoms with Crippen LogP contribution in [-0.4, -0.2) is 7.11 Å². The molecule has 0 bridgehead atoms. The standard InChI is InChI=1S/C13H11Cl2NO2/c1-17-13-6-8(14)2-4-12(13)18-11-5-3-9(16)7-10(11)15/h2-7H,16H2,1H3. The second-order valence-corrected chi connectivity index (χ2v) is 4.43. The Hall–Kier alpha value is -1.58. The van der Waals surface area contributed by atoms with Gasteiger partial charge in [0.05, 0.1) is 12.1 Å². The molecule has 2 N–H and O–H groups in total. The van der Waals surface area contributed by atoms with Gasteiger partial charge < -0.3 is 15.2 Å². The first kappa shape index (κ1) is 12.9. The number of methoxy groups -OCH3 is 1. The predicted molar refractivity (Wildman–Crippen MR) is 73.9 cm³/mol. The first-order valence-corrected chi connectivity index (χ1v) is 5.92. The molecule has 0 heterocycles. The molecule has 2 aromatic carbocycles. The summed E-state index contributed by atoms with van der Waals surface area (Å²) in [5.74, 6) is 1.58. The summed E-state index contributed by atoms with van der Waals surface area (Å²) in [6.45, 7) is 0. The minimum absolute atomic E-state index is 0.437. The molecule has 18 heavy (non-hydrogen) atoms. The number of halogens is 2. The second kappa shape index (κ2) is 5.38. The van der Waals surface area contributed by atoms with Gasteiger partial charge in [0.15, 0.2) is 11.5 Å². The normalized spacial score (nSPS) is 10.2. The smallest absolute Gasteiger partial charge is 0.169 e. The molecule has 0 aliphatic rings. The van der Waals surface area contributed by atoms with E-state index < -0.39 is 0 Å². The van der Waals surface area contributed by atoms with Crippen molar-refractivity contribution in [3.63, 3.8) is 0 Å². The molecule has 0 atom stereocenters. The number of anilines is 1. The lowest BCUT2D eigenvalue weighted by Crippen LogP contribution is -1.92. The maximum Gasteiger partial charge on any atom is 0.169 e. The van der Waals surface area contributed by atoms with Crippen LogP contribution >= 0.6 is 23.2 Å². The maximum absolute atomic E-state index is 6.03. The van der Waals surface area contributed by atoms with E-state index in [1.165, 1.54) is 0 Å². The fourth-order valence-electron chi connectivity index (χ4n) is 1.44. The topological polar surface area (TPSA) is 44.5 Å². The molecular formula is C13H11Cl2NO2. The molecule has 0 unspecified atom stereocenters. The minimum Gasteiger partial charge on any atom is -0.493 e. The van der Waals surface area contributed by atoms with E-state index in [4.69, 9.17) is 38.4 Å². The van der Waals surface area contributed by atoms with Crippen molar-refractivity contribution in [2.45, 2.75) is 0 Å². The van der Waals surface area contributed by atoms with E-state index >= 15 is 0 Å². The minimum atomic E-state index is 0.437. The van der Waals surface area contributed by atoms with Gasteiger partial charge in [0.1, 0.15) is 5.75 Å². The maximum atomic E-state index is 6.03. The highest BCUT2D eigenvalue weighted by molar-refractivity contribution is 6.32. The van der Waals surface area contributed by atoms with E-state index in [-0.39, 0.29) is 0 Å². The van der Waals surface area contributed by atoms with Crippen molar-refractivity contribution >= 4 is 28.9 Å². The van der Waals surface area contributed by atoms with Crippen LogP contribution in [0.1, 0.15) is 0 Å². The average molecular weight is 284 g/mol. The Labute approximate surface area is 115 Å². The lowest BCUT2D eigenvalue weighted by Gasteiger charge is -2.11. The van der Waals surface area contributed by atoms with Gasteiger partial charge in [0, 0.05) is 16.8 Å². The van der Waals surface area contributed by atoms with Gasteiger partial charge in [0.2, 0.25) is 0 Å². The van der Waals surface area contributed by atoms with Crippen LogP contribution < -0.4 is 15.2 Å². The van der Waals surface area contributed by atoms with Crippen molar-refractivity contribution in [3.8, 4) is 17.2 Å². The highest BCUT2D eigenvalue weighted by Crippen LogP contribution is 2.36. The third-order valence-electron chi connectivity index (χ3n) is 2.30. The van der Waals surface area contributed by atoms with Gasteiger partial charge in [0.25, 0.3) is 0 Å². The third-order valence-corrected chi connectivity index (χ3v) is 2.83. The van der Waals surface area contributed by atoms with E-state index in [9.17, 15) is 0 Å². The fourth-order valence-corrected chi connectivity index (χ4v) is 1.83. The zero-order valence-electron chi connectivity index (χ0n) is 9.61. The Kier molecular flexibility index (Phi) is 3.84. The van der Waals surface area contributed by atoms with Crippen LogP contribution in [0.3, 0.4) is 0 Å². The Morgan fingerprint density at radius 3 is 2.33 bits per heavy atom. The van der Waals surface area contributed by atoms with Gasteiger partial charge in [-0.3, -0.25) is 0 Å². The number of nitrogen functional groups attached to an aromatic ring is 1. The SMILES string of the molecule is COc1cc(Cl)ccc1Oc1ccc(N)cc1Cl. The largest absolute Gasteiger partial charge is 0.493 e. The van der Waals surface area contributed by atoms with Gasteiger partial charge in [-0.05, 0) is 30.3 Å². The Balaban J connectivity index is 2.33. The van der Waals surface area contributed by atoms with Gasteiger partial charge >= 0.3 is 0 Å². The van der Waals surface area contributed by atoms with E-state index in [1.807, 2.05) is 0 Å². The van der Waals surface area contributed by atoms with E-state index in [0.29, 0.717) is 33.0 Å². The highest BCUT2D eigenvalue weighted by atomic mass is 35.5. The van der Waals surface area contributed by atoms with E-state index in [0.717, 1.165) is 0 Å². The van der Waals surface area contributed by atoms with Crippen molar-refractivity contribution in [2.24, 2.45) is 0 Å². The number of hydrogen-bond donors (Lipinski definition) is 1. The van der Waals surface area contributed by atoms with Crippen molar-refractivity contribution < 1.29 is 9.47 Å². The summed E-state index contributed by atoms with van der Waals surface area (Å²) in [7, 11) is 1.54. The van der Waals surface area contributed by atoms with Gasteiger partial charge in [-0.15, -0.1) is 0 Å². The number of benzene rings is 2. The van der Waals surface area contributed by atoms with Crippen LogP contribution in [0.15, 0.2) is 36.4 Å². The zero-order valence-corrected chi connectivity index (χ0v) is 11.1. The lowest BCUT2D eigenvalue weighted by atomic mass is 10.3. The summed E-state index contributed by atoms with van der Waals surface area (Å²) < 4.78 is 10.9. The van der Waals surface area contributed by atoms with Crippen LogP contribution in [0.25, 0.3) is 0 Å². The van der Waals surface area contributed by atoms with Crippen LogP contribution in [0, 0.1) is 0 Å². The molecule has 0 aliphatic heterocycles. The van der Waals surface area contributed by atoms with Crippen LogP contribution in [0.2, 0.25) is 10.0 Å². The third kappa shape index (κ3) is 2.81. The van der Waals surface area contributed by atoms with Crippen molar-refractivity contribution in [1.82, 2.24) is 0 Å². The lowest BCUT2D eigenvalue weighted by molar-refractivity contribution is 0.379. The Bertz CT molecular complexity index is 573. The Morgan fingerprint density at radius 2 is 1.67 bits per heavy atom. The number of nitrogens with two attached hydrogens (primary N) is 1. The summed E-state index contributed by atoms with van der Waals surface area (Å²) in [6, 6.07) is 10.1. The van der Waals surface area contributed by atoms with E-state index in [1.54, 1.807) is 43.5 Å². The van der Waals surface area contributed by atoms with Gasteiger partial charge in [-0.25, -0.2) is 0 Å². The average Bonchev–Trinajstić information content (AvgIpc) is 2.34. The number of ether oxygens (including phenoxy) is 2. The number of hydrogen-bond acceptors (Lipinski definition) is 3.